The van der Waals surface area contributed by atoms with Crippen LogP contribution in [0.2, 0.25) is 0 Å². The van der Waals surface area contributed by atoms with Gasteiger partial charge in [-0.15, -0.1) is 0 Å². The van der Waals surface area contributed by atoms with Crippen molar-refractivity contribution in [1.29, 1.82) is 0 Å². The van der Waals surface area contributed by atoms with Crippen LogP contribution in [0.5, 0.6) is 0 Å². The van der Waals surface area contributed by atoms with Gasteiger partial charge in [0.05, 0.1) is 12.9 Å². The molecule has 2 amide bonds. The highest BCUT2D eigenvalue weighted by molar-refractivity contribution is 7.46. The number of benzene rings is 1. The molecule has 4 heterocycles. The van der Waals surface area contributed by atoms with Crippen molar-refractivity contribution in [2.45, 2.75) is 37.8 Å². The molecule has 2 aromatic heterocycles. The largest absolute Gasteiger partial charge is 0.469 e. The van der Waals surface area contributed by atoms with E-state index in [0.29, 0.717) is 17.7 Å². The molecule has 194 valence electrons. The lowest BCUT2D eigenvalue weighted by molar-refractivity contribution is -0.129. The lowest BCUT2D eigenvalue weighted by Crippen LogP contribution is -2.31. The summed E-state index contributed by atoms with van der Waals surface area (Å²) < 4.78 is 35.6. The number of carbonyl (C=O) groups excluding carboxylic acids is 1. The van der Waals surface area contributed by atoms with E-state index in [0.717, 1.165) is 5.56 Å². The van der Waals surface area contributed by atoms with Gasteiger partial charge in [0.25, 0.3) is 0 Å². The Morgan fingerprint density at radius 1 is 1.16 bits per heavy atom. The first kappa shape index (κ1) is 25.2. The first-order chi connectivity index (χ1) is 17.8. The summed E-state index contributed by atoms with van der Waals surface area (Å²) in [6.07, 6.45) is -1.43. The highest BCUT2D eigenvalue weighted by Gasteiger charge is 2.54. The van der Waals surface area contributed by atoms with Crippen molar-refractivity contribution in [1.82, 2.24) is 24.8 Å². The Kier molecular flexibility index (Phi) is 7.18. The molecule has 3 aromatic rings. The van der Waals surface area contributed by atoms with Gasteiger partial charge in [0.1, 0.15) is 24.6 Å². The molecule has 0 saturated carbocycles. The molecule has 1 unspecified atom stereocenters. The SMILES string of the molecule is CCNC(=O)Nc1ncnc2c1ncn2[C@@H]1O[C@H](COP(=O)(O)O)[C@H]2OC(C#Cc3ccccc3)O[C@H]21. The molecule has 5 atom stereocenters. The Labute approximate surface area is 210 Å². The number of imidazole rings is 1. The molecule has 0 spiro atoms. The summed E-state index contributed by atoms with van der Waals surface area (Å²) in [5, 5.41) is 5.24. The Morgan fingerprint density at radius 2 is 1.95 bits per heavy atom. The maximum Gasteiger partial charge on any atom is 0.469 e. The fourth-order valence-corrected chi connectivity index (χ4v) is 4.38. The van der Waals surface area contributed by atoms with Gasteiger partial charge >= 0.3 is 13.9 Å². The smallest absolute Gasteiger partial charge is 0.347 e. The molecule has 5 rings (SSSR count). The van der Waals surface area contributed by atoms with Crippen LogP contribution in [0.1, 0.15) is 18.7 Å². The van der Waals surface area contributed by atoms with Crippen LogP contribution in [-0.2, 0) is 23.3 Å². The van der Waals surface area contributed by atoms with Gasteiger partial charge in [0.2, 0.25) is 6.29 Å². The van der Waals surface area contributed by atoms with Crippen LogP contribution >= 0.6 is 7.82 Å². The monoisotopic (exact) mass is 530 g/mol. The van der Waals surface area contributed by atoms with Crippen LogP contribution in [0.25, 0.3) is 11.2 Å². The highest BCUT2D eigenvalue weighted by Crippen LogP contribution is 2.43. The van der Waals surface area contributed by atoms with Crippen LogP contribution < -0.4 is 10.6 Å². The molecular weight excluding hydrogens is 507 g/mol. The maximum absolute atomic E-state index is 12.0. The minimum Gasteiger partial charge on any atom is -0.347 e. The number of hydrogen-bond acceptors (Lipinski definition) is 9. The Morgan fingerprint density at radius 3 is 2.70 bits per heavy atom. The van der Waals surface area contributed by atoms with Gasteiger partial charge in [-0.1, -0.05) is 24.1 Å². The third-order valence-electron chi connectivity index (χ3n) is 5.56. The van der Waals surface area contributed by atoms with Gasteiger partial charge in [-0.3, -0.25) is 14.4 Å². The summed E-state index contributed by atoms with van der Waals surface area (Å²) in [7, 11) is -4.76. The quantitative estimate of drug-likeness (QED) is 0.265. The van der Waals surface area contributed by atoms with Crippen molar-refractivity contribution in [2.75, 3.05) is 18.5 Å². The summed E-state index contributed by atoms with van der Waals surface area (Å²) in [4.78, 5) is 43.1. The van der Waals surface area contributed by atoms with Gasteiger partial charge in [-0.2, -0.15) is 0 Å². The Balaban J connectivity index is 1.42. The number of urea groups is 1. The van der Waals surface area contributed by atoms with Crippen LogP contribution in [0.15, 0.2) is 43.0 Å². The first-order valence-electron chi connectivity index (χ1n) is 11.3. The second kappa shape index (κ2) is 10.5. The van der Waals surface area contributed by atoms with E-state index in [1.165, 1.54) is 12.7 Å². The Bertz CT molecular complexity index is 1390. The van der Waals surface area contributed by atoms with E-state index in [1.54, 1.807) is 11.5 Å². The van der Waals surface area contributed by atoms with Gasteiger partial charge in [-0.25, -0.2) is 24.3 Å². The zero-order valence-electron chi connectivity index (χ0n) is 19.4. The summed E-state index contributed by atoms with van der Waals surface area (Å²) in [6, 6.07) is 8.83. The number of aromatic nitrogens is 4. The average molecular weight is 530 g/mol. The van der Waals surface area contributed by atoms with Crippen molar-refractivity contribution in [3.05, 3.63) is 48.5 Å². The zero-order valence-corrected chi connectivity index (χ0v) is 20.3. The number of carbonyl (C=O) groups is 1. The Hall–Kier alpha value is -3.41. The van der Waals surface area contributed by atoms with E-state index in [9.17, 15) is 19.1 Å². The van der Waals surface area contributed by atoms with Crippen molar-refractivity contribution in [3.8, 4) is 11.8 Å². The second-order valence-electron chi connectivity index (χ2n) is 8.05. The molecule has 4 N–H and O–H groups in total. The number of anilines is 1. The number of nitrogens with one attached hydrogen (secondary N) is 2. The van der Waals surface area contributed by atoms with E-state index >= 15 is 0 Å². The predicted molar refractivity (Wildman–Crippen MR) is 127 cm³/mol. The maximum atomic E-state index is 12.0. The molecule has 2 saturated heterocycles. The van der Waals surface area contributed by atoms with Crippen molar-refractivity contribution >= 4 is 30.8 Å². The van der Waals surface area contributed by atoms with Crippen LogP contribution in [0, 0.1) is 11.8 Å². The lowest BCUT2D eigenvalue weighted by Gasteiger charge is -2.20. The standard InChI is InChI=1S/C22H23N6O8P/c1-2-23-22(29)27-19-16-20(25-11-24-19)28(12-26-16)21-18-17(14(34-21)10-33-37(30,31)32)35-15(36-18)9-8-13-6-4-3-5-7-13/h3-7,11-12,14-15,17-18,21H,2,10H2,1H3,(H2,30,31,32)(H2,23,24,25,27,29)/t14-,15?,17-,18-,21-/m1/s1. The predicted octanol–water partition coefficient (Wildman–Crippen LogP) is 1.14. The van der Waals surface area contributed by atoms with Gasteiger partial charge in [-0.05, 0) is 25.0 Å². The molecule has 1 aromatic carbocycles. The fraction of sp³-hybridized carbons (Fsp3) is 0.364. The normalized spacial score (nSPS) is 24.9. The molecule has 2 fully saturated rings. The summed E-state index contributed by atoms with van der Waals surface area (Å²) in [5.74, 6) is 6.09. The summed E-state index contributed by atoms with van der Waals surface area (Å²) in [5.41, 5.74) is 1.41. The number of amides is 2. The number of hydrogen-bond donors (Lipinski definition) is 4. The molecule has 15 heteroatoms. The molecule has 37 heavy (non-hydrogen) atoms. The van der Waals surface area contributed by atoms with E-state index in [2.05, 4.69) is 37.4 Å². The summed E-state index contributed by atoms with van der Waals surface area (Å²) in [6.45, 7) is 1.76. The topological polar surface area (TPSA) is 179 Å². The molecule has 2 aliphatic rings. The number of fused-ring (bicyclic) bond motifs is 2. The van der Waals surface area contributed by atoms with Gasteiger partial charge in [0, 0.05) is 12.1 Å². The lowest BCUT2D eigenvalue weighted by atomic mass is 10.1. The van der Waals surface area contributed by atoms with Crippen molar-refractivity contribution in [2.24, 2.45) is 0 Å². The number of nitrogens with zero attached hydrogens (tertiary/aromatic N) is 4. The molecule has 14 nitrogen and oxygen atoms in total. The van der Waals surface area contributed by atoms with Gasteiger partial charge < -0.3 is 29.3 Å². The second-order valence-corrected chi connectivity index (χ2v) is 9.29. The minimum absolute atomic E-state index is 0.195. The molecule has 2 aliphatic heterocycles. The highest BCUT2D eigenvalue weighted by atomic mass is 31.2. The fourth-order valence-electron chi connectivity index (χ4n) is 4.04. The van der Waals surface area contributed by atoms with Crippen molar-refractivity contribution < 1.29 is 37.9 Å². The number of rotatable bonds is 6. The average Bonchev–Trinajstić information content (AvgIpc) is 3.56. The first-order valence-corrected chi connectivity index (χ1v) is 12.8. The van der Waals surface area contributed by atoms with E-state index in [-0.39, 0.29) is 5.82 Å². The summed E-state index contributed by atoms with van der Waals surface area (Å²) >= 11 is 0. The molecule has 0 radical (unpaired) electrons. The molecular formula is C22H23N6O8P. The van der Waals surface area contributed by atoms with Crippen LogP contribution in [0.3, 0.4) is 0 Å². The van der Waals surface area contributed by atoms with E-state index in [1.807, 2.05) is 30.3 Å². The number of ether oxygens (including phenoxy) is 3. The zero-order chi connectivity index (χ0) is 26.0. The van der Waals surface area contributed by atoms with Gasteiger partial charge in [0.15, 0.2) is 23.2 Å². The van der Waals surface area contributed by atoms with Crippen molar-refractivity contribution in [3.63, 3.8) is 0 Å². The minimum atomic E-state index is -4.76. The van der Waals surface area contributed by atoms with Crippen LogP contribution in [0.4, 0.5) is 10.6 Å². The number of phosphoric acid groups is 1. The van der Waals surface area contributed by atoms with Crippen LogP contribution in [-0.4, -0.2) is 73.1 Å². The van der Waals surface area contributed by atoms with E-state index in [4.69, 9.17) is 18.7 Å². The third-order valence-corrected chi connectivity index (χ3v) is 6.05. The van der Waals surface area contributed by atoms with E-state index < -0.39 is 51.3 Å². The third kappa shape index (κ3) is 5.63. The molecule has 0 bridgehead atoms. The molecule has 0 aliphatic carbocycles. The number of phosphoric ester groups is 1.